The molecule has 1 atom stereocenters. The van der Waals surface area contributed by atoms with Crippen molar-refractivity contribution in [3.8, 4) is 0 Å². The van der Waals surface area contributed by atoms with Crippen LogP contribution in [0.2, 0.25) is 0 Å². The molecule has 1 fully saturated rings. The highest BCUT2D eigenvalue weighted by Gasteiger charge is 2.28. The normalized spacial score (nSPS) is 16.3. The van der Waals surface area contributed by atoms with E-state index in [1.54, 1.807) is 44.2 Å². The number of sulfonamides is 1. The maximum atomic E-state index is 12.5. The van der Waals surface area contributed by atoms with Crippen molar-refractivity contribution in [3.05, 3.63) is 71.8 Å². The summed E-state index contributed by atoms with van der Waals surface area (Å²) in [5.74, 6) is -0.560. The lowest BCUT2D eigenvalue weighted by Gasteiger charge is -2.18. The summed E-state index contributed by atoms with van der Waals surface area (Å²) < 4.78 is 30.7. The van der Waals surface area contributed by atoms with Gasteiger partial charge in [0, 0.05) is 12.6 Å². The predicted molar refractivity (Wildman–Crippen MR) is 124 cm³/mol. The Hall–Kier alpha value is -3.13. The molecule has 7 nitrogen and oxygen atoms in total. The van der Waals surface area contributed by atoms with Crippen molar-refractivity contribution in [3.63, 3.8) is 0 Å². The molecule has 8 heteroatoms. The first-order chi connectivity index (χ1) is 15.2. The Morgan fingerprint density at radius 3 is 2.38 bits per heavy atom. The first-order valence-corrected chi connectivity index (χ1v) is 12.2. The highest BCUT2D eigenvalue weighted by Crippen LogP contribution is 2.24. The van der Waals surface area contributed by atoms with Crippen LogP contribution in [0.4, 0.5) is 5.69 Å². The number of nitrogens with zero attached hydrogens (tertiary/aromatic N) is 1. The number of anilines is 1. The molecule has 1 aliphatic heterocycles. The standard InChI is InChI=1S/C24H28N2O5S/c1-18(2)31-24(28)17-22(20-7-4-3-5-8-20)25-23(27)14-11-19-9-12-21(13-10-19)26-15-6-16-32(26,29)30/h3-5,7-14,18,22H,6,15-17H2,1-2H3,(H,25,27)/b14-11+. The lowest BCUT2D eigenvalue weighted by Crippen LogP contribution is -2.29. The molecule has 0 bridgehead atoms. The zero-order chi connectivity index (χ0) is 23.1. The molecule has 170 valence electrons. The van der Waals surface area contributed by atoms with E-state index in [1.807, 2.05) is 30.3 Å². The number of benzene rings is 2. The van der Waals surface area contributed by atoms with Crippen molar-refractivity contribution < 1.29 is 22.7 Å². The van der Waals surface area contributed by atoms with Crippen molar-refractivity contribution in [2.45, 2.75) is 38.8 Å². The van der Waals surface area contributed by atoms with Gasteiger partial charge in [0.1, 0.15) is 0 Å². The second kappa shape index (κ2) is 10.5. The molecule has 0 aliphatic carbocycles. The van der Waals surface area contributed by atoms with Gasteiger partial charge in [-0.15, -0.1) is 0 Å². The summed E-state index contributed by atoms with van der Waals surface area (Å²) in [6, 6.07) is 15.7. The molecule has 32 heavy (non-hydrogen) atoms. The van der Waals surface area contributed by atoms with Crippen LogP contribution in [-0.4, -0.2) is 38.7 Å². The van der Waals surface area contributed by atoms with Crippen molar-refractivity contribution in [2.24, 2.45) is 0 Å². The summed E-state index contributed by atoms with van der Waals surface area (Å²) in [7, 11) is -3.22. The third-order valence-electron chi connectivity index (χ3n) is 4.96. The van der Waals surface area contributed by atoms with Crippen LogP contribution in [0.3, 0.4) is 0 Å². The van der Waals surface area contributed by atoms with Crippen molar-refractivity contribution in [2.75, 3.05) is 16.6 Å². The first kappa shape index (κ1) is 23.5. The Bertz CT molecular complexity index is 1060. The molecule has 1 heterocycles. The molecule has 1 N–H and O–H groups in total. The molecule has 0 spiro atoms. The van der Waals surface area contributed by atoms with Crippen molar-refractivity contribution in [1.29, 1.82) is 0 Å². The highest BCUT2D eigenvalue weighted by atomic mass is 32.2. The molecule has 0 aromatic heterocycles. The third kappa shape index (κ3) is 6.43. The summed E-state index contributed by atoms with van der Waals surface area (Å²) in [6.45, 7) is 4.04. The molecule has 1 unspecified atom stereocenters. The molecule has 1 saturated heterocycles. The summed E-state index contributed by atoms with van der Waals surface area (Å²) in [6.07, 6.45) is 3.46. The van der Waals surface area contributed by atoms with Crippen LogP contribution < -0.4 is 9.62 Å². The van der Waals surface area contributed by atoms with Crippen molar-refractivity contribution in [1.82, 2.24) is 5.32 Å². The van der Waals surface area contributed by atoms with E-state index in [0.29, 0.717) is 18.7 Å². The van der Waals surface area contributed by atoms with Gasteiger partial charge >= 0.3 is 5.97 Å². The molecule has 1 aliphatic rings. The Kier molecular flexibility index (Phi) is 7.69. The van der Waals surface area contributed by atoms with Crippen LogP contribution in [-0.2, 0) is 24.3 Å². The second-order valence-corrected chi connectivity index (χ2v) is 9.89. The zero-order valence-corrected chi connectivity index (χ0v) is 19.0. The van der Waals surface area contributed by atoms with Crippen LogP contribution in [0.1, 0.15) is 43.9 Å². The van der Waals surface area contributed by atoms with Crippen molar-refractivity contribution >= 4 is 33.7 Å². The lowest BCUT2D eigenvalue weighted by molar-refractivity contribution is -0.148. The monoisotopic (exact) mass is 456 g/mol. The fourth-order valence-corrected chi connectivity index (χ4v) is 5.05. The molecule has 2 aromatic carbocycles. The number of nitrogens with one attached hydrogen (secondary N) is 1. The smallest absolute Gasteiger partial charge is 0.308 e. The van der Waals surface area contributed by atoms with Gasteiger partial charge in [0.15, 0.2) is 0 Å². The number of carbonyl (C=O) groups excluding carboxylic acids is 2. The van der Waals surface area contributed by atoms with E-state index in [2.05, 4.69) is 5.32 Å². The molecule has 3 rings (SSSR count). The Morgan fingerprint density at radius 1 is 1.09 bits per heavy atom. The predicted octanol–water partition coefficient (Wildman–Crippen LogP) is 3.44. The minimum Gasteiger partial charge on any atom is -0.463 e. The number of amides is 1. The van der Waals surface area contributed by atoms with Gasteiger partial charge in [0.2, 0.25) is 15.9 Å². The quantitative estimate of drug-likeness (QED) is 0.485. The molecule has 2 aromatic rings. The average Bonchev–Trinajstić information content (AvgIpc) is 3.11. The van der Waals surface area contributed by atoms with Crippen LogP contribution in [0.15, 0.2) is 60.7 Å². The number of ether oxygens (including phenoxy) is 1. The van der Waals surface area contributed by atoms with E-state index in [4.69, 9.17) is 4.74 Å². The van der Waals surface area contributed by atoms with Gasteiger partial charge in [-0.05, 0) is 49.6 Å². The molecular weight excluding hydrogens is 428 g/mol. The topological polar surface area (TPSA) is 92.8 Å². The van der Waals surface area contributed by atoms with Gasteiger partial charge in [-0.1, -0.05) is 42.5 Å². The number of hydrogen-bond donors (Lipinski definition) is 1. The Morgan fingerprint density at radius 2 is 1.78 bits per heavy atom. The lowest BCUT2D eigenvalue weighted by atomic mass is 10.0. The minimum absolute atomic E-state index is 0.0286. The zero-order valence-electron chi connectivity index (χ0n) is 18.2. The largest absolute Gasteiger partial charge is 0.463 e. The fraction of sp³-hybridized carbons (Fsp3) is 0.333. The summed E-state index contributed by atoms with van der Waals surface area (Å²) >= 11 is 0. The Balaban J connectivity index is 1.65. The van der Waals surface area contributed by atoms with Crippen LogP contribution >= 0.6 is 0 Å². The number of hydrogen-bond acceptors (Lipinski definition) is 5. The van der Waals surface area contributed by atoms with E-state index in [0.717, 1.165) is 11.1 Å². The van der Waals surface area contributed by atoms with Gasteiger partial charge in [0.25, 0.3) is 0 Å². The third-order valence-corrected chi connectivity index (χ3v) is 6.83. The Labute approximate surface area is 189 Å². The second-order valence-electron chi connectivity index (χ2n) is 7.88. The minimum atomic E-state index is -3.22. The van der Waals surface area contributed by atoms with Gasteiger partial charge < -0.3 is 10.1 Å². The molecule has 0 radical (unpaired) electrons. The molecule has 0 saturated carbocycles. The van der Waals surface area contributed by atoms with E-state index in [1.165, 1.54) is 10.4 Å². The van der Waals surface area contributed by atoms with E-state index < -0.39 is 16.1 Å². The summed E-state index contributed by atoms with van der Waals surface area (Å²) in [5, 5.41) is 2.86. The van der Waals surface area contributed by atoms with Crippen LogP contribution in [0.25, 0.3) is 6.08 Å². The number of rotatable bonds is 8. The SMILES string of the molecule is CC(C)OC(=O)CC(NC(=O)/C=C/c1ccc(N2CCCS2(=O)=O)cc1)c1ccccc1. The highest BCUT2D eigenvalue weighted by molar-refractivity contribution is 7.93. The van der Waals surface area contributed by atoms with Gasteiger partial charge in [0.05, 0.1) is 30.0 Å². The fourth-order valence-electron chi connectivity index (χ4n) is 3.49. The van der Waals surface area contributed by atoms with Gasteiger partial charge in [-0.3, -0.25) is 13.9 Å². The van der Waals surface area contributed by atoms with Crippen LogP contribution in [0, 0.1) is 0 Å². The average molecular weight is 457 g/mol. The number of carbonyl (C=O) groups is 2. The summed E-state index contributed by atoms with van der Waals surface area (Å²) in [4.78, 5) is 24.7. The maximum Gasteiger partial charge on any atom is 0.308 e. The van der Waals surface area contributed by atoms with E-state index >= 15 is 0 Å². The van der Waals surface area contributed by atoms with Crippen LogP contribution in [0.5, 0.6) is 0 Å². The maximum absolute atomic E-state index is 12.5. The van der Waals surface area contributed by atoms with E-state index in [-0.39, 0.29) is 30.2 Å². The van der Waals surface area contributed by atoms with Gasteiger partial charge in [-0.2, -0.15) is 0 Å². The molecule has 1 amide bonds. The number of esters is 1. The van der Waals surface area contributed by atoms with Gasteiger partial charge in [-0.25, -0.2) is 8.42 Å². The first-order valence-electron chi connectivity index (χ1n) is 10.6. The summed E-state index contributed by atoms with van der Waals surface area (Å²) in [5.41, 5.74) is 2.19. The van der Waals surface area contributed by atoms with E-state index in [9.17, 15) is 18.0 Å². The molecular formula is C24H28N2O5S.